The second kappa shape index (κ2) is 11.6. The lowest BCUT2D eigenvalue weighted by atomic mass is 10.0. The number of alkyl carbamates (subject to hydrolysis) is 1. The van der Waals surface area contributed by atoms with Crippen LogP contribution in [0.4, 0.5) is 10.5 Å². The van der Waals surface area contributed by atoms with Gasteiger partial charge in [-0.05, 0) is 50.1 Å². The number of rotatable bonds is 6. The highest BCUT2D eigenvalue weighted by atomic mass is 35.5. The van der Waals surface area contributed by atoms with Crippen molar-refractivity contribution in [3.8, 4) is 11.1 Å². The summed E-state index contributed by atoms with van der Waals surface area (Å²) in [5.41, 5.74) is 4.31. The molecule has 1 fully saturated rings. The number of hydrogen-bond acceptors (Lipinski definition) is 5. The van der Waals surface area contributed by atoms with Gasteiger partial charge in [0.1, 0.15) is 17.3 Å². The first-order chi connectivity index (χ1) is 19.2. The number of amides is 2. The molecule has 3 heterocycles. The van der Waals surface area contributed by atoms with Gasteiger partial charge in [0.15, 0.2) is 0 Å². The number of benzene rings is 2. The van der Waals surface area contributed by atoms with E-state index in [4.69, 9.17) is 16.3 Å². The SMILES string of the molecule is CC(C)(C)OC(=O)NC(Cc1ccc(Cl)cc1)C(=O)N1CCN(c2c(-c3ccccc3)cnc3[nH]ccc23)CC1. The van der Waals surface area contributed by atoms with Gasteiger partial charge in [-0.25, -0.2) is 9.78 Å². The molecule has 2 aromatic carbocycles. The first-order valence-electron chi connectivity index (χ1n) is 13.5. The highest BCUT2D eigenvalue weighted by Crippen LogP contribution is 2.36. The average Bonchev–Trinajstić information content (AvgIpc) is 3.42. The molecule has 9 heteroatoms. The minimum absolute atomic E-state index is 0.134. The van der Waals surface area contributed by atoms with E-state index in [0.29, 0.717) is 37.6 Å². The summed E-state index contributed by atoms with van der Waals surface area (Å²) in [6.45, 7) is 7.74. The van der Waals surface area contributed by atoms with E-state index < -0.39 is 17.7 Å². The van der Waals surface area contributed by atoms with Gasteiger partial charge in [-0.3, -0.25) is 4.79 Å². The zero-order valence-electron chi connectivity index (χ0n) is 23.0. The van der Waals surface area contributed by atoms with Crippen molar-refractivity contribution in [2.75, 3.05) is 31.1 Å². The number of ether oxygens (including phenoxy) is 1. The molecule has 208 valence electrons. The van der Waals surface area contributed by atoms with Crippen LogP contribution < -0.4 is 10.2 Å². The van der Waals surface area contributed by atoms with Crippen LogP contribution in [0.1, 0.15) is 26.3 Å². The Hall–Kier alpha value is -4.04. The van der Waals surface area contributed by atoms with Gasteiger partial charge in [-0.15, -0.1) is 0 Å². The maximum absolute atomic E-state index is 13.8. The van der Waals surface area contributed by atoms with E-state index in [2.05, 4.69) is 38.4 Å². The number of aromatic nitrogens is 2. The summed E-state index contributed by atoms with van der Waals surface area (Å²) in [6.07, 6.45) is 3.53. The lowest BCUT2D eigenvalue weighted by molar-refractivity contribution is -0.133. The molecule has 2 N–H and O–H groups in total. The van der Waals surface area contributed by atoms with Crippen LogP contribution in [0, 0.1) is 0 Å². The van der Waals surface area contributed by atoms with Gasteiger partial charge in [0, 0.05) is 61.0 Å². The molecule has 1 atom stereocenters. The van der Waals surface area contributed by atoms with Gasteiger partial charge in [-0.1, -0.05) is 54.1 Å². The second-order valence-corrected chi connectivity index (χ2v) is 11.4. The van der Waals surface area contributed by atoms with E-state index in [9.17, 15) is 9.59 Å². The zero-order valence-corrected chi connectivity index (χ0v) is 23.7. The molecule has 0 saturated carbocycles. The van der Waals surface area contributed by atoms with Crippen molar-refractivity contribution in [1.82, 2.24) is 20.2 Å². The summed E-state index contributed by atoms with van der Waals surface area (Å²) in [5.74, 6) is -0.134. The van der Waals surface area contributed by atoms with Crippen LogP contribution in [-0.2, 0) is 16.0 Å². The molecule has 4 aromatic rings. The topological polar surface area (TPSA) is 90.6 Å². The Bertz CT molecular complexity index is 1470. The quantitative estimate of drug-likeness (QED) is 0.318. The summed E-state index contributed by atoms with van der Waals surface area (Å²) in [6, 6.07) is 18.8. The van der Waals surface area contributed by atoms with Crippen LogP contribution in [0.25, 0.3) is 22.2 Å². The highest BCUT2D eigenvalue weighted by molar-refractivity contribution is 6.30. The van der Waals surface area contributed by atoms with Gasteiger partial charge in [-0.2, -0.15) is 0 Å². The third-order valence-corrected chi connectivity index (χ3v) is 7.14. The van der Waals surface area contributed by atoms with Crippen LogP contribution in [0.5, 0.6) is 0 Å². The normalized spacial score (nSPS) is 14.7. The number of anilines is 1. The van der Waals surface area contributed by atoms with Crippen LogP contribution in [0.3, 0.4) is 0 Å². The molecule has 0 bridgehead atoms. The number of H-pyrrole nitrogens is 1. The number of nitrogens with zero attached hydrogens (tertiary/aromatic N) is 3. The molecule has 0 spiro atoms. The van der Waals surface area contributed by atoms with Gasteiger partial charge in [0.05, 0.1) is 5.69 Å². The minimum atomic E-state index is -0.764. The van der Waals surface area contributed by atoms with Crippen LogP contribution >= 0.6 is 11.6 Å². The molecular formula is C31H34ClN5O3. The second-order valence-electron chi connectivity index (χ2n) is 11.0. The molecule has 1 aliphatic heterocycles. The number of pyridine rings is 1. The monoisotopic (exact) mass is 559 g/mol. The van der Waals surface area contributed by atoms with Crippen molar-refractivity contribution >= 4 is 40.3 Å². The van der Waals surface area contributed by atoms with Gasteiger partial charge in [0.25, 0.3) is 0 Å². The van der Waals surface area contributed by atoms with Crippen molar-refractivity contribution < 1.29 is 14.3 Å². The molecule has 1 saturated heterocycles. The van der Waals surface area contributed by atoms with Gasteiger partial charge in [0.2, 0.25) is 5.91 Å². The van der Waals surface area contributed by atoms with Crippen molar-refractivity contribution in [2.24, 2.45) is 0 Å². The molecular weight excluding hydrogens is 526 g/mol. The summed E-state index contributed by atoms with van der Waals surface area (Å²) in [4.78, 5) is 38.4. The Morgan fingerprint density at radius 1 is 1.02 bits per heavy atom. The molecule has 2 amide bonds. The maximum atomic E-state index is 13.8. The van der Waals surface area contributed by atoms with E-state index in [-0.39, 0.29) is 5.91 Å². The summed E-state index contributed by atoms with van der Waals surface area (Å²) >= 11 is 6.06. The fourth-order valence-electron chi connectivity index (χ4n) is 5.04. The number of piperazine rings is 1. The average molecular weight is 560 g/mol. The van der Waals surface area contributed by atoms with E-state index >= 15 is 0 Å². The number of nitrogens with one attached hydrogen (secondary N) is 2. The Labute approximate surface area is 239 Å². The van der Waals surface area contributed by atoms with E-state index in [1.807, 2.05) is 47.6 Å². The summed E-state index contributed by atoms with van der Waals surface area (Å²) in [5, 5.41) is 4.48. The molecule has 0 aliphatic carbocycles. The van der Waals surface area contributed by atoms with E-state index in [0.717, 1.165) is 33.4 Å². The van der Waals surface area contributed by atoms with Crippen LogP contribution in [-0.4, -0.2) is 64.7 Å². The molecule has 8 nitrogen and oxygen atoms in total. The lowest BCUT2D eigenvalue weighted by Gasteiger charge is -2.38. The number of aromatic amines is 1. The third-order valence-electron chi connectivity index (χ3n) is 6.89. The number of hydrogen-bond donors (Lipinski definition) is 2. The van der Waals surface area contributed by atoms with Crippen molar-refractivity contribution in [3.63, 3.8) is 0 Å². The first-order valence-corrected chi connectivity index (χ1v) is 13.8. The Kier molecular flexibility index (Phi) is 7.98. The molecule has 40 heavy (non-hydrogen) atoms. The molecule has 1 aliphatic rings. The Balaban J connectivity index is 1.35. The van der Waals surface area contributed by atoms with E-state index in [1.165, 1.54) is 0 Å². The Morgan fingerprint density at radius 3 is 2.40 bits per heavy atom. The highest BCUT2D eigenvalue weighted by Gasteiger charge is 2.31. The predicted molar refractivity (Wildman–Crippen MR) is 159 cm³/mol. The number of fused-ring (bicyclic) bond motifs is 1. The van der Waals surface area contributed by atoms with Gasteiger partial charge < -0.3 is 24.8 Å². The fourth-order valence-corrected chi connectivity index (χ4v) is 5.17. The van der Waals surface area contributed by atoms with Crippen LogP contribution in [0.2, 0.25) is 5.02 Å². The standard InChI is InChI=1S/C31H34ClN5O3/c1-31(2,3)40-30(39)35-26(19-21-9-11-23(32)12-10-21)29(38)37-17-15-36(16-18-37)27-24-13-14-33-28(24)34-20-25(27)22-7-5-4-6-8-22/h4-14,20,26H,15-19H2,1-3H3,(H,33,34)(H,35,39). The van der Waals surface area contributed by atoms with Gasteiger partial charge >= 0.3 is 6.09 Å². The smallest absolute Gasteiger partial charge is 0.408 e. The lowest BCUT2D eigenvalue weighted by Crippen LogP contribution is -2.56. The van der Waals surface area contributed by atoms with E-state index in [1.54, 1.807) is 32.9 Å². The first kappa shape index (κ1) is 27.5. The molecule has 5 rings (SSSR count). The molecule has 0 radical (unpaired) electrons. The van der Waals surface area contributed by atoms with Crippen molar-refractivity contribution in [3.05, 3.63) is 83.6 Å². The zero-order chi connectivity index (χ0) is 28.3. The summed E-state index contributed by atoms with van der Waals surface area (Å²) in [7, 11) is 0. The third kappa shape index (κ3) is 6.39. The predicted octanol–water partition coefficient (Wildman–Crippen LogP) is 5.67. The van der Waals surface area contributed by atoms with Crippen molar-refractivity contribution in [2.45, 2.75) is 38.8 Å². The number of carbonyl (C=O) groups excluding carboxylic acids is 2. The minimum Gasteiger partial charge on any atom is -0.444 e. The fraction of sp³-hybridized carbons (Fsp3) is 0.323. The molecule has 2 aromatic heterocycles. The van der Waals surface area contributed by atoms with Crippen LogP contribution in [0.15, 0.2) is 73.1 Å². The number of carbonyl (C=O) groups is 2. The van der Waals surface area contributed by atoms with Crippen molar-refractivity contribution in [1.29, 1.82) is 0 Å². The Morgan fingerprint density at radius 2 is 1.73 bits per heavy atom. The largest absolute Gasteiger partial charge is 0.444 e. The molecule has 1 unspecified atom stereocenters. The number of halogens is 1. The summed E-state index contributed by atoms with van der Waals surface area (Å²) < 4.78 is 5.47. The maximum Gasteiger partial charge on any atom is 0.408 e.